The number of nitrogen functional groups attached to an aromatic ring is 2. The summed E-state index contributed by atoms with van der Waals surface area (Å²) in [4.78, 5) is 7.75. The zero-order chi connectivity index (χ0) is 13.3. The van der Waals surface area contributed by atoms with Gasteiger partial charge in [0.25, 0.3) is 0 Å². The quantitative estimate of drug-likeness (QED) is 0.821. The van der Waals surface area contributed by atoms with Crippen LogP contribution in [0.4, 0.5) is 16.2 Å². The van der Waals surface area contributed by atoms with Gasteiger partial charge >= 0.3 is 0 Å². The molecule has 1 aliphatic rings. The van der Waals surface area contributed by atoms with Crippen LogP contribution in [-0.2, 0) is 6.67 Å². The van der Waals surface area contributed by atoms with Crippen molar-refractivity contribution in [2.45, 2.75) is 30.8 Å². The van der Waals surface area contributed by atoms with E-state index in [-0.39, 0.29) is 23.4 Å². The van der Waals surface area contributed by atoms with Crippen LogP contribution >= 0.6 is 23.2 Å². The van der Waals surface area contributed by atoms with Crippen LogP contribution in [0.5, 0.6) is 0 Å². The summed E-state index contributed by atoms with van der Waals surface area (Å²) in [5, 5.41) is 0.120. The highest BCUT2D eigenvalue weighted by Crippen LogP contribution is 2.41. The second-order valence-electron chi connectivity index (χ2n) is 4.14. The Bertz CT molecular complexity index is 492. The Labute approximate surface area is 114 Å². The van der Waals surface area contributed by atoms with Gasteiger partial charge in [-0.2, -0.15) is 4.98 Å². The molecule has 2 rings (SSSR count). The molecular formula is C11H13Cl2FN4. The van der Waals surface area contributed by atoms with Crippen LogP contribution in [0, 0.1) is 0 Å². The third-order valence-electron chi connectivity index (χ3n) is 3.00. The molecule has 1 aromatic rings. The van der Waals surface area contributed by atoms with Gasteiger partial charge in [0, 0.05) is 16.5 Å². The molecule has 7 heteroatoms. The number of halogens is 3. The standard InChI is InChI=1S/C11H13Cl2FN4/c12-6-3-1-2-5(9(6)13)8-7(4-14)17-11(16)18-10(8)15/h3,5,9H,1-2,4H2,(H4,15,16,17,18)/t5-,9?/m1/s1. The molecule has 1 aliphatic carbocycles. The van der Waals surface area contributed by atoms with E-state index in [1.165, 1.54) is 0 Å². The van der Waals surface area contributed by atoms with Gasteiger partial charge in [-0.1, -0.05) is 17.7 Å². The second kappa shape index (κ2) is 5.28. The molecular weight excluding hydrogens is 278 g/mol. The number of hydrogen-bond donors (Lipinski definition) is 2. The van der Waals surface area contributed by atoms with Crippen LogP contribution in [0.1, 0.15) is 30.0 Å². The summed E-state index contributed by atoms with van der Waals surface area (Å²) < 4.78 is 13.0. The number of allylic oxidation sites excluding steroid dienone is 2. The number of nitrogens with two attached hydrogens (primary N) is 2. The van der Waals surface area contributed by atoms with E-state index in [1.54, 1.807) is 0 Å². The molecule has 1 unspecified atom stereocenters. The van der Waals surface area contributed by atoms with Crippen molar-refractivity contribution in [3.05, 3.63) is 22.4 Å². The van der Waals surface area contributed by atoms with Gasteiger partial charge < -0.3 is 11.5 Å². The smallest absolute Gasteiger partial charge is 0.222 e. The van der Waals surface area contributed by atoms with E-state index < -0.39 is 12.1 Å². The fraction of sp³-hybridized carbons (Fsp3) is 0.455. The van der Waals surface area contributed by atoms with E-state index in [1.807, 2.05) is 6.08 Å². The molecule has 0 saturated heterocycles. The molecule has 0 aliphatic heterocycles. The van der Waals surface area contributed by atoms with Crippen molar-refractivity contribution in [1.82, 2.24) is 9.97 Å². The largest absolute Gasteiger partial charge is 0.383 e. The lowest BCUT2D eigenvalue weighted by Crippen LogP contribution is -2.21. The maximum absolute atomic E-state index is 13.0. The van der Waals surface area contributed by atoms with Gasteiger partial charge in [0.05, 0.1) is 11.1 Å². The Hall–Kier alpha value is -1.07. The lowest BCUT2D eigenvalue weighted by Gasteiger charge is -2.27. The highest BCUT2D eigenvalue weighted by Gasteiger charge is 2.31. The molecule has 2 atom stereocenters. The highest BCUT2D eigenvalue weighted by atomic mass is 35.5. The molecule has 0 aromatic carbocycles. The SMILES string of the molecule is Nc1nc(N)c([C@H]2CCC=C(Cl)C2Cl)c(CF)n1. The van der Waals surface area contributed by atoms with Crippen molar-refractivity contribution >= 4 is 35.0 Å². The van der Waals surface area contributed by atoms with Crippen LogP contribution < -0.4 is 11.5 Å². The topological polar surface area (TPSA) is 77.8 Å². The first-order chi connectivity index (χ1) is 8.54. The van der Waals surface area contributed by atoms with Crippen LogP contribution in [0.15, 0.2) is 11.1 Å². The van der Waals surface area contributed by atoms with E-state index in [9.17, 15) is 4.39 Å². The zero-order valence-corrected chi connectivity index (χ0v) is 11.0. The van der Waals surface area contributed by atoms with Gasteiger partial charge in [-0.25, -0.2) is 9.37 Å². The van der Waals surface area contributed by atoms with Gasteiger partial charge in [0.15, 0.2) is 0 Å². The Morgan fingerprint density at radius 1 is 1.39 bits per heavy atom. The van der Waals surface area contributed by atoms with Crippen molar-refractivity contribution in [2.24, 2.45) is 0 Å². The van der Waals surface area contributed by atoms with Gasteiger partial charge in [-0.15, -0.1) is 11.6 Å². The van der Waals surface area contributed by atoms with Gasteiger partial charge in [-0.05, 0) is 12.8 Å². The average Bonchev–Trinajstić information content (AvgIpc) is 2.32. The van der Waals surface area contributed by atoms with E-state index in [2.05, 4.69) is 9.97 Å². The molecule has 4 nitrogen and oxygen atoms in total. The lowest BCUT2D eigenvalue weighted by molar-refractivity contribution is 0.466. The van der Waals surface area contributed by atoms with E-state index in [4.69, 9.17) is 34.7 Å². The molecule has 1 heterocycles. The third-order valence-corrected chi connectivity index (χ3v) is 4.04. The van der Waals surface area contributed by atoms with Gasteiger partial charge in [0.1, 0.15) is 12.5 Å². The number of aromatic nitrogens is 2. The Balaban J connectivity index is 2.47. The predicted octanol–water partition coefficient (Wildman–Crippen LogP) is 2.72. The molecule has 18 heavy (non-hydrogen) atoms. The first kappa shape index (κ1) is 13.4. The number of anilines is 2. The molecule has 1 aromatic heterocycles. The van der Waals surface area contributed by atoms with Crippen LogP contribution in [0.3, 0.4) is 0 Å². The number of rotatable bonds is 2. The zero-order valence-electron chi connectivity index (χ0n) is 9.54. The number of hydrogen-bond acceptors (Lipinski definition) is 4. The number of nitrogens with zero attached hydrogens (tertiary/aromatic N) is 2. The first-order valence-corrected chi connectivity index (χ1v) is 6.33. The minimum absolute atomic E-state index is 0.0347. The van der Waals surface area contributed by atoms with E-state index in [0.29, 0.717) is 10.6 Å². The molecule has 0 radical (unpaired) electrons. The highest BCUT2D eigenvalue weighted by molar-refractivity contribution is 6.37. The maximum atomic E-state index is 13.0. The van der Waals surface area contributed by atoms with E-state index in [0.717, 1.165) is 12.8 Å². The van der Waals surface area contributed by atoms with Crippen molar-refractivity contribution in [2.75, 3.05) is 11.5 Å². The van der Waals surface area contributed by atoms with Crippen LogP contribution in [-0.4, -0.2) is 15.3 Å². The van der Waals surface area contributed by atoms with Gasteiger partial charge in [0.2, 0.25) is 5.95 Å². The summed E-state index contributed by atoms with van der Waals surface area (Å²) in [5.74, 6) is -0.0415. The summed E-state index contributed by atoms with van der Waals surface area (Å²) in [7, 11) is 0. The minimum Gasteiger partial charge on any atom is -0.383 e. The fourth-order valence-corrected chi connectivity index (χ4v) is 2.81. The van der Waals surface area contributed by atoms with Crippen molar-refractivity contribution in [1.29, 1.82) is 0 Å². The number of alkyl halides is 2. The average molecular weight is 291 g/mol. The molecule has 0 saturated carbocycles. The summed E-state index contributed by atoms with van der Waals surface area (Å²) >= 11 is 12.3. The van der Waals surface area contributed by atoms with Crippen molar-refractivity contribution in [3.63, 3.8) is 0 Å². The van der Waals surface area contributed by atoms with E-state index >= 15 is 0 Å². The predicted molar refractivity (Wildman–Crippen MR) is 71.2 cm³/mol. The third kappa shape index (κ3) is 2.37. The molecule has 0 spiro atoms. The molecule has 0 fully saturated rings. The minimum atomic E-state index is -0.756. The molecule has 98 valence electrons. The maximum Gasteiger partial charge on any atom is 0.222 e. The molecule has 0 amide bonds. The van der Waals surface area contributed by atoms with Crippen molar-refractivity contribution < 1.29 is 4.39 Å². The van der Waals surface area contributed by atoms with Crippen molar-refractivity contribution in [3.8, 4) is 0 Å². The summed E-state index contributed by atoms with van der Waals surface area (Å²) in [6, 6.07) is 0. The second-order valence-corrected chi connectivity index (χ2v) is 5.04. The normalized spacial score (nSPS) is 23.8. The van der Waals surface area contributed by atoms with Crippen LogP contribution in [0.25, 0.3) is 0 Å². The Morgan fingerprint density at radius 2 is 2.11 bits per heavy atom. The monoisotopic (exact) mass is 290 g/mol. The summed E-state index contributed by atoms with van der Waals surface area (Å²) in [6.45, 7) is -0.756. The lowest BCUT2D eigenvalue weighted by atomic mass is 9.86. The van der Waals surface area contributed by atoms with Crippen LogP contribution in [0.2, 0.25) is 0 Å². The summed E-state index contributed by atoms with van der Waals surface area (Å²) in [5.41, 5.74) is 12.0. The molecule has 4 N–H and O–H groups in total. The fourth-order valence-electron chi connectivity index (χ4n) is 2.20. The Kier molecular flexibility index (Phi) is 3.92. The molecule has 0 bridgehead atoms. The van der Waals surface area contributed by atoms with Gasteiger partial charge in [-0.3, -0.25) is 0 Å². The Morgan fingerprint density at radius 3 is 2.78 bits per heavy atom. The summed E-state index contributed by atoms with van der Waals surface area (Å²) in [6.07, 6.45) is 3.36. The first-order valence-electron chi connectivity index (χ1n) is 5.52.